The number of nitrogens with zero attached hydrogens (tertiary/aromatic N) is 3. The number of hydrogen-bond donors (Lipinski definition) is 0. The number of rotatable bonds is 5. The molecule has 0 saturated heterocycles. The Morgan fingerprint density at radius 2 is 2.20 bits per heavy atom. The van der Waals surface area contributed by atoms with Gasteiger partial charge in [0.15, 0.2) is 0 Å². The molecule has 1 aromatic rings. The Kier molecular flexibility index (Phi) is 4.78. The van der Waals surface area contributed by atoms with E-state index in [4.69, 9.17) is 16.3 Å². The summed E-state index contributed by atoms with van der Waals surface area (Å²) < 4.78 is 5.08. The third-order valence-electron chi connectivity index (χ3n) is 2.26. The van der Waals surface area contributed by atoms with E-state index in [2.05, 4.69) is 16.9 Å². The molecule has 0 amide bonds. The lowest BCUT2D eigenvalue weighted by molar-refractivity contribution is 0.183. The van der Waals surface area contributed by atoms with E-state index in [0.29, 0.717) is 12.5 Å². The summed E-state index contributed by atoms with van der Waals surface area (Å²) in [6, 6.07) is 0.270. The van der Waals surface area contributed by atoms with E-state index in [1.807, 2.05) is 11.9 Å². The van der Waals surface area contributed by atoms with Gasteiger partial charge in [0.25, 0.3) is 0 Å². The number of methoxy groups -OCH3 is 1. The summed E-state index contributed by atoms with van der Waals surface area (Å²) in [6.07, 6.45) is 3.42. The summed E-state index contributed by atoms with van der Waals surface area (Å²) in [5, 5.41) is 0. The van der Waals surface area contributed by atoms with Crippen LogP contribution in [-0.4, -0.2) is 36.8 Å². The second-order valence-corrected chi connectivity index (χ2v) is 3.68. The maximum Gasteiger partial charge on any atom is 0.147 e. The fraction of sp³-hybridized carbons (Fsp3) is 0.600. The average molecular weight is 230 g/mol. The van der Waals surface area contributed by atoms with Crippen molar-refractivity contribution < 1.29 is 4.74 Å². The third-order valence-corrected chi connectivity index (χ3v) is 2.53. The molecule has 15 heavy (non-hydrogen) atoms. The first-order chi connectivity index (χ1) is 7.19. The number of anilines is 1. The summed E-state index contributed by atoms with van der Waals surface area (Å²) in [4.78, 5) is 10.5. The molecule has 0 spiro atoms. The Morgan fingerprint density at radius 1 is 1.47 bits per heavy atom. The number of halogens is 1. The highest BCUT2D eigenvalue weighted by Crippen LogP contribution is 2.11. The molecule has 1 atom stereocenters. The van der Waals surface area contributed by atoms with Gasteiger partial charge in [0.2, 0.25) is 0 Å². The van der Waals surface area contributed by atoms with Gasteiger partial charge in [-0.15, -0.1) is 11.6 Å². The highest BCUT2D eigenvalue weighted by molar-refractivity contribution is 6.16. The van der Waals surface area contributed by atoms with Crippen LogP contribution in [-0.2, 0) is 10.6 Å². The molecule has 0 bridgehead atoms. The molecule has 1 rings (SSSR count). The molecule has 1 heterocycles. The van der Waals surface area contributed by atoms with Gasteiger partial charge in [0, 0.05) is 14.2 Å². The topological polar surface area (TPSA) is 38.2 Å². The molecule has 0 aliphatic rings. The van der Waals surface area contributed by atoms with Crippen molar-refractivity contribution >= 4 is 17.4 Å². The van der Waals surface area contributed by atoms with Crippen molar-refractivity contribution in [3.63, 3.8) is 0 Å². The van der Waals surface area contributed by atoms with Gasteiger partial charge in [-0.2, -0.15) is 0 Å². The van der Waals surface area contributed by atoms with Gasteiger partial charge in [-0.1, -0.05) is 0 Å². The molecule has 0 aliphatic heterocycles. The van der Waals surface area contributed by atoms with Gasteiger partial charge in [-0.05, 0) is 6.92 Å². The van der Waals surface area contributed by atoms with Gasteiger partial charge < -0.3 is 9.64 Å². The van der Waals surface area contributed by atoms with Crippen LogP contribution in [0.15, 0.2) is 12.4 Å². The molecular weight excluding hydrogens is 214 g/mol. The van der Waals surface area contributed by atoms with E-state index in [9.17, 15) is 0 Å². The lowest BCUT2D eigenvalue weighted by Crippen LogP contribution is -2.33. The van der Waals surface area contributed by atoms with Gasteiger partial charge in [-0.25, -0.2) is 4.98 Å². The molecule has 4 nitrogen and oxygen atoms in total. The summed E-state index contributed by atoms with van der Waals surface area (Å²) >= 11 is 5.64. The molecule has 5 heteroatoms. The molecule has 84 valence electrons. The Labute approximate surface area is 95.2 Å². The highest BCUT2D eigenvalue weighted by atomic mass is 35.5. The maximum atomic E-state index is 5.64. The van der Waals surface area contributed by atoms with Crippen LogP contribution in [0.25, 0.3) is 0 Å². The van der Waals surface area contributed by atoms with Gasteiger partial charge in [-0.3, -0.25) is 4.98 Å². The van der Waals surface area contributed by atoms with E-state index in [1.54, 1.807) is 19.5 Å². The lowest BCUT2D eigenvalue weighted by Gasteiger charge is -2.24. The van der Waals surface area contributed by atoms with Crippen LogP contribution < -0.4 is 4.90 Å². The molecular formula is C10H16ClN3O. The van der Waals surface area contributed by atoms with Crippen molar-refractivity contribution in [1.82, 2.24) is 9.97 Å². The van der Waals surface area contributed by atoms with Crippen LogP contribution in [0.4, 0.5) is 5.82 Å². The van der Waals surface area contributed by atoms with Gasteiger partial charge in [0.1, 0.15) is 5.82 Å². The average Bonchev–Trinajstić information content (AvgIpc) is 2.28. The fourth-order valence-corrected chi connectivity index (χ4v) is 1.32. The minimum absolute atomic E-state index is 0.270. The van der Waals surface area contributed by atoms with Crippen LogP contribution >= 0.6 is 11.6 Å². The van der Waals surface area contributed by atoms with Crippen molar-refractivity contribution in [2.75, 3.05) is 25.7 Å². The molecule has 1 aromatic heterocycles. The molecule has 0 fully saturated rings. The second-order valence-electron chi connectivity index (χ2n) is 3.41. The van der Waals surface area contributed by atoms with Crippen LogP contribution in [0.3, 0.4) is 0 Å². The molecule has 0 aromatic carbocycles. The minimum Gasteiger partial charge on any atom is -0.383 e. The van der Waals surface area contributed by atoms with Gasteiger partial charge in [0.05, 0.1) is 36.6 Å². The van der Waals surface area contributed by atoms with Crippen molar-refractivity contribution in [1.29, 1.82) is 0 Å². The number of hydrogen-bond acceptors (Lipinski definition) is 4. The zero-order valence-corrected chi connectivity index (χ0v) is 10.0. The quantitative estimate of drug-likeness (QED) is 0.721. The van der Waals surface area contributed by atoms with Crippen molar-refractivity contribution in [2.24, 2.45) is 0 Å². The number of ether oxygens (including phenoxy) is 1. The van der Waals surface area contributed by atoms with Gasteiger partial charge >= 0.3 is 0 Å². The highest BCUT2D eigenvalue weighted by Gasteiger charge is 2.10. The first-order valence-electron chi connectivity index (χ1n) is 4.77. The first-order valence-corrected chi connectivity index (χ1v) is 5.31. The van der Waals surface area contributed by atoms with E-state index < -0.39 is 0 Å². The monoisotopic (exact) mass is 229 g/mol. The summed E-state index contributed by atoms with van der Waals surface area (Å²) in [5.74, 6) is 1.22. The number of likely N-dealkylation sites (N-methyl/N-ethyl adjacent to an activating group) is 1. The molecule has 0 radical (unpaired) electrons. The predicted molar refractivity (Wildman–Crippen MR) is 61.3 cm³/mol. The zero-order valence-electron chi connectivity index (χ0n) is 9.27. The summed E-state index contributed by atoms with van der Waals surface area (Å²) in [6.45, 7) is 2.73. The van der Waals surface area contributed by atoms with Crippen molar-refractivity contribution in [2.45, 2.75) is 18.8 Å². The first kappa shape index (κ1) is 12.2. The molecule has 0 N–H and O–H groups in total. The largest absolute Gasteiger partial charge is 0.383 e. The molecule has 1 unspecified atom stereocenters. The number of aromatic nitrogens is 2. The predicted octanol–water partition coefficient (Wildman–Crippen LogP) is 1.69. The Morgan fingerprint density at radius 3 is 2.67 bits per heavy atom. The van der Waals surface area contributed by atoms with E-state index >= 15 is 0 Å². The van der Waals surface area contributed by atoms with E-state index in [1.165, 1.54) is 0 Å². The fourth-order valence-electron chi connectivity index (χ4n) is 1.18. The third kappa shape index (κ3) is 3.32. The SMILES string of the molecule is COCC(C)N(C)c1cnc(CCl)cn1. The van der Waals surface area contributed by atoms with Crippen molar-refractivity contribution in [3.8, 4) is 0 Å². The second kappa shape index (κ2) is 5.88. The summed E-state index contributed by atoms with van der Waals surface area (Å²) in [5.41, 5.74) is 0.785. The minimum atomic E-state index is 0.270. The maximum absolute atomic E-state index is 5.64. The van der Waals surface area contributed by atoms with Crippen LogP contribution in [0.1, 0.15) is 12.6 Å². The van der Waals surface area contributed by atoms with E-state index in [0.717, 1.165) is 11.5 Å². The Balaban J connectivity index is 2.69. The van der Waals surface area contributed by atoms with Crippen LogP contribution in [0.5, 0.6) is 0 Å². The van der Waals surface area contributed by atoms with E-state index in [-0.39, 0.29) is 6.04 Å². The number of alkyl halides is 1. The summed E-state index contributed by atoms with van der Waals surface area (Å²) in [7, 11) is 3.65. The Hall–Kier alpha value is -0.870. The van der Waals surface area contributed by atoms with Crippen LogP contribution in [0, 0.1) is 0 Å². The molecule has 0 saturated carbocycles. The normalized spacial score (nSPS) is 12.5. The smallest absolute Gasteiger partial charge is 0.147 e. The lowest BCUT2D eigenvalue weighted by atomic mass is 10.3. The van der Waals surface area contributed by atoms with Crippen molar-refractivity contribution in [3.05, 3.63) is 18.1 Å². The molecule has 0 aliphatic carbocycles. The standard InChI is InChI=1S/C10H16ClN3O/c1-8(7-15-3)14(2)10-6-12-9(4-11)5-13-10/h5-6,8H,4,7H2,1-3H3. The van der Waals surface area contributed by atoms with Crippen LogP contribution in [0.2, 0.25) is 0 Å². The Bertz CT molecular complexity index is 291. The zero-order chi connectivity index (χ0) is 11.3.